The van der Waals surface area contributed by atoms with Gasteiger partial charge in [0.25, 0.3) is 0 Å². The second-order valence-corrected chi connectivity index (χ2v) is 5.11. The molecule has 1 saturated heterocycles. The second-order valence-electron chi connectivity index (χ2n) is 5.11. The first kappa shape index (κ1) is 16.3. The van der Waals surface area contributed by atoms with Gasteiger partial charge in [-0.2, -0.15) is 0 Å². The molecule has 2 atom stereocenters. The highest BCUT2D eigenvalue weighted by atomic mass is 16.5. The Morgan fingerprint density at radius 3 is 2.60 bits per heavy atom. The normalized spacial score (nSPS) is 23.9. The van der Waals surface area contributed by atoms with Crippen molar-refractivity contribution in [1.29, 1.82) is 0 Å². The Hall–Kier alpha value is -1.79. The minimum absolute atomic E-state index is 0.232. The molecule has 1 aliphatic rings. The highest BCUT2D eigenvalue weighted by molar-refractivity contribution is 5.88. The molecule has 0 aromatic carbocycles. The summed E-state index contributed by atoms with van der Waals surface area (Å²) in [5.41, 5.74) is -1.23. The van der Waals surface area contributed by atoms with E-state index in [9.17, 15) is 19.5 Å². The molecular formula is C13H22N2O5. The van der Waals surface area contributed by atoms with E-state index < -0.39 is 29.6 Å². The van der Waals surface area contributed by atoms with E-state index in [0.717, 1.165) is 12.8 Å². The van der Waals surface area contributed by atoms with E-state index in [0.29, 0.717) is 13.0 Å². The standard InChI is InChI=1S/C13H22N2O5/c1-4-20-10(16)9(2)14-12(19)15-8-6-5-7-13(15,3)11(17)18/h9H,4-8H2,1-3H3,(H,14,19)(H,17,18). The smallest absolute Gasteiger partial charge is 0.329 e. The lowest BCUT2D eigenvalue weighted by Gasteiger charge is -2.41. The lowest BCUT2D eigenvalue weighted by molar-refractivity contribution is -0.150. The number of hydrogen-bond acceptors (Lipinski definition) is 4. The average molecular weight is 286 g/mol. The van der Waals surface area contributed by atoms with Crippen LogP contribution in [0.3, 0.4) is 0 Å². The van der Waals surface area contributed by atoms with Crippen LogP contribution in [0.1, 0.15) is 40.0 Å². The first-order chi connectivity index (χ1) is 9.32. The molecule has 2 unspecified atom stereocenters. The fourth-order valence-corrected chi connectivity index (χ4v) is 2.26. The summed E-state index contributed by atoms with van der Waals surface area (Å²) in [6.07, 6.45) is 1.92. The Bertz CT molecular complexity index is 398. The molecule has 0 aromatic rings. The molecule has 0 bridgehead atoms. The third-order valence-corrected chi connectivity index (χ3v) is 3.58. The Morgan fingerprint density at radius 1 is 1.40 bits per heavy atom. The van der Waals surface area contributed by atoms with E-state index in [4.69, 9.17) is 4.74 Å². The fourth-order valence-electron chi connectivity index (χ4n) is 2.26. The molecule has 0 spiro atoms. The van der Waals surface area contributed by atoms with Crippen LogP contribution in [0, 0.1) is 0 Å². The van der Waals surface area contributed by atoms with Crippen molar-refractivity contribution in [2.75, 3.05) is 13.2 Å². The van der Waals surface area contributed by atoms with Gasteiger partial charge in [0, 0.05) is 6.54 Å². The van der Waals surface area contributed by atoms with Crippen molar-refractivity contribution in [2.24, 2.45) is 0 Å². The van der Waals surface area contributed by atoms with Crippen LogP contribution in [0.5, 0.6) is 0 Å². The van der Waals surface area contributed by atoms with Crippen LogP contribution in [-0.4, -0.2) is 52.7 Å². The highest BCUT2D eigenvalue weighted by Crippen LogP contribution is 2.28. The zero-order valence-electron chi connectivity index (χ0n) is 12.1. The lowest BCUT2D eigenvalue weighted by atomic mass is 9.89. The zero-order chi connectivity index (χ0) is 15.3. The summed E-state index contributed by atoms with van der Waals surface area (Å²) in [4.78, 5) is 36.4. The molecule has 0 aliphatic carbocycles. The van der Waals surface area contributed by atoms with Gasteiger partial charge in [-0.1, -0.05) is 0 Å². The summed E-state index contributed by atoms with van der Waals surface area (Å²) in [6, 6.07) is -1.35. The van der Waals surface area contributed by atoms with Gasteiger partial charge in [0.1, 0.15) is 11.6 Å². The highest BCUT2D eigenvalue weighted by Gasteiger charge is 2.44. The fraction of sp³-hybridized carbons (Fsp3) is 0.769. The van der Waals surface area contributed by atoms with Crippen LogP contribution in [0.2, 0.25) is 0 Å². The number of carbonyl (C=O) groups is 3. The molecule has 7 heteroatoms. The molecule has 7 nitrogen and oxygen atoms in total. The van der Waals surface area contributed by atoms with Crippen molar-refractivity contribution >= 4 is 18.0 Å². The van der Waals surface area contributed by atoms with Gasteiger partial charge >= 0.3 is 18.0 Å². The lowest BCUT2D eigenvalue weighted by Crippen LogP contribution is -2.61. The largest absolute Gasteiger partial charge is 0.480 e. The number of carboxylic acid groups (broad SMARTS) is 1. The summed E-state index contributed by atoms with van der Waals surface area (Å²) in [6.45, 7) is 5.32. The van der Waals surface area contributed by atoms with Crippen molar-refractivity contribution < 1.29 is 24.2 Å². The van der Waals surface area contributed by atoms with Gasteiger partial charge in [-0.05, 0) is 40.0 Å². The number of carbonyl (C=O) groups excluding carboxylic acids is 2. The SMILES string of the molecule is CCOC(=O)C(C)NC(=O)N1CCCCC1(C)C(=O)O. The van der Waals surface area contributed by atoms with E-state index in [2.05, 4.69) is 5.32 Å². The number of esters is 1. The van der Waals surface area contributed by atoms with Gasteiger partial charge in [-0.15, -0.1) is 0 Å². The molecule has 1 fully saturated rings. The maximum atomic E-state index is 12.2. The molecule has 1 heterocycles. The monoisotopic (exact) mass is 286 g/mol. The van der Waals surface area contributed by atoms with Crippen molar-refractivity contribution in [2.45, 2.75) is 51.6 Å². The maximum absolute atomic E-state index is 12.2. The van der Waals surface area contributed by atoms with Crippen molar-refractivity contribution in [3.8, 4) is 0 Å². The first-order valence-corrected chi connectivity index (χ1v) is 6.81. The molecule has 0 aromatic heterocycles. The van der Waals surface area contributed by atoms with Crippen LogP contribution in [0.25, 0.3) is 0 Å². The molecule has 1 rings (SSSR count). The number of amides is 2. The minimum atomic E-state index is -1.23. The Labute approximate surface area is 118 Å². The van der Waals surface area contributed by atoms with E-state index in [1.54, 1.807) is 6.92 Å². The summed E-state index contributed by atoms with van der Waals surface area (Å²) in [5, 5.41) is 11.8. The topological polar surface area (TPSA) is 95.9 Å². The zero-order valence-corrected chi connectivity index (χ0v) is 12.1. The van der Waals surface area contributed by atoms with E-state index >= 15 is 0 Å². The molecule has 2 amide bonds. The predicted molar refractivity (Wildman–Crippen MR) is 71.2 cm³/mol. The summed E-state index contributed by atoms with van der Waals surface area (Å²) >= 11 is 0. The van der Waals surface area contributed by atoms with Crippen LogP contribution in [-0.2, 0) is 14.3 Å². The minimum Gasteiger partial charge on any atom is -0.480 e. The van der Waals surface area contributed by atoms with Crippen LogP contribution >= 0.6 is 0 Å². The number of piperidine rings is 1. The van der Waals surface area contributed by atoms with Gasteiger partial charge in [0.15, 0.2) is 0 Å². The average Bonchev–Trinajstić information content (AvgIpc) is 2.39. The Balaban J connectivity index is 2.74. The molecule has 20 heavy (non-hydrogen) atoms. The van der Waals surface area contributed by atoms with Gasteiger partial charge in [-0.25, -0.2) is 14.4 Å². The van der Waals surface area contributed by atoms with Crippen LogP contribution in [0.4, 0.5) is 4.79 Å². The van der Waals surface area contributed by atoms with E-state index in [-0.39, 0.29) is 6.61 Å². The number of aliphatic carboxylic acids is 1. The Kier molecular flexibility index (Phi) is 5.35. The van der Waals surface area contributed by atoms with Crippen molar-refractivity contribution in [3.05, 3.63) is 0 Å². The number of urea groups is 1. The summed E-state index contributed by atoms with van der Waals surface area (Å²) in [7, 11) is 0. The van der Waals surface area contributed by atoms with Gasteiger partial charge in [0.2, 0.25) is 0 Å². The number of carboxylic acids is 1. The molecule has 1 aliphatic heterocycles. The van der Waals surface area contributed by atoms with Gasteiger partial charge in [-0.3, -0.25) is 0 Å². The van der Waals surface area contributed by atoms with E-state index in [1.165, 1.54) is 18.7 Å². The van der Waals surface area contributed by atoms with Crippen molar-refractivity contribution in [3.63, 3.8) is 0 Å². The first-order valence-electron chi connectivity index (χ1n) is 6.81. The summed E-state index contributed by atoms with van der Waals surface area (Å²) < 4.78 is 4.80. The molecule has 0 saturated carbocycles. The summed E-state index contributed by atoms with van der Waals surface area (Å²) in [5.74, 6) is -1.56. The van der Waals surface area contributed by atoms with Crippen LogP contribution in [0.15, 0.2) is 0 Å². The molecule has 114 valence electrons. The third kappa shape index (κ3) is 3.40. The van der Waals surface area contributed by atoms with Gasteiger partial charge < -0.3 is 20.1 Å². The predicted octanol–water partition coefficient (Wildman–Crippen LogP) is 0.977. The molecule has 2 N–H and O–H groups in total. The Morgan fingerprint density at radius 2 is 2.05 bits per heavy atom. The number of likely N-dealkylation sites (tertiary alicyclic amines) is 1. The number of hydrogen-bond donors (Lipinski definition) is 2. The maximum Gasteiger partial charge on any atom is 0.329 e. The van der Waals surface area contributed by atoms with Crippen LogP contribution < -0.4 is 5.32 Å². The molecular weight excluding hydrogens is 264 g/mol. The van der Waals surface area contributed by atoms with E-state index in [1.807, 2.05) is 0 Å². The number of nitrogens with zero attached hydrogens (tertiary/aromatic N) is 1. The number of ether oxygens (including phenoxy) is 1. The number of nitrogens with one attached hydrogen (secondary N) is 1. The van der Waals surface area contributed by atoms with Gasteiger partial charge in [0.05, 0.1) is 6.61 Å². The van der Waals surface area contributed by atoms with Crippen molar-refractivity contribution in [1.82, 2.24) is 10.2 Å². The quantitative estimate of drug-likeness (QED) is 0.751. The molecule has 0 radical (unpaired) electrons. The number of rotatable bonds is 4. The second kappa shape index (κ2) is 6.58. The third-order valence-electron chi connectivity index (χ3n) is 3.58.